The summed E-state index contributed by atoms with van der Waals surface area (Å²) in [4.78, 5) is 64.2. The molecular formula is C23H31N5O7S. The second-order valence-electron chi connectivity index (χ2n) is 8.64. The number of aromatic amines is 1. The molecule has 1 aromatic carbocycles. The summed E-state index contributed by atoms with van der Waals surface area (Å²) in [6.07, 6.45) is 0.756. The summed E-state index contributed by atoms with van der Waals surface area (Å²) >= 11 is 3.95. The summed E-state index contributed by atoms with van der Waals surface area (Å²) in [5.74, 6) is -5.54. The van der Waals surface area contributed by atoms with Gasteiger partial charge >= 0.3 is 11.9 Å². The van der Waals surface area contributed by atoms with Crippen LogP contribution in [0.1, 0.15) is 25.8 Å². The number of nitrogens with one attached hydrogen (secondary N) is 4. The number of rotatable bonds is 13. The summed E-state index contributed by atoms with van der Waals surface area (Å²) in [5, 5.41) is 26.8. The van der Waals surface area contributed by atoms with Gasteiger partial charge in [-0.05, 0) is 17.5 Å². The van der Waals surface area contributed by atoms with Gasteiger partial charge in [-0.3, -0.25) is 19.2 Å². The van der Waals surface area contributed by atoms with Crippen LogP contribution in [0.4, 0.5) is 0 Å². The fraction of sp³-hybridized carbons (Fsp3) is 0.435. The quantitative estimate of drug-likeness (QED) is 0.163. The van der Waals surface area contributed by atoms with E-state index in [1.165, 1.54) is 0 Å². The second kappa shape index (κ2) is 12.9. The number of fused-ring (bicyclic) bond motifs is 1. The van der Waals surface area contributed by atoms with Crippen LogP contribution in [0.25, 0.3) is 10.9 Å². The molecule has 0 saturated heterocycles. The first-order valence-electron chi connectivity index (χ1n) is 11.2. The van der Waals surface area contributed by atoms with Gasteiger partial charge < -0.3 is 36.9 Å². The Bertz CT molecular complexity index is 1120. The molecule has 0 aliphatic rings. The van der Waals surface area contributed by atoms with Crippen LogP contribution in [0, 0.1) is 5.92 Å². The van der Waals surface area contributed by atoms with Crippen molar-refractivity contribution in [1.29, 1.82) is 0 Å². The number of aromatic nitrogens is 1. The maximum absolute atomic E-state index is 12.9. The normalized spacial score (nSPS) is 14.5. The number of carboxylic acids is 2. The number of aliphatic carboxylic acids is 2. The molecule has 0 spiro atoms. The standard InChI is InChI=1S/C23H31N5O7S/c1-11(2)19(28-20(31)14(24)10-36)22(33)26-16(8-18(29)30)21(32)27-17(23(34)35)7-12-9-25-15-6-4-3-5-13(12)15/h3-6,9,11,14,16-17,19,25,36H,7-8,10,24H2,1-2H3,(H,26,33)(H,27,32)(H,28,31)(H,29,30)(H,34,35). The number of carbonyl (C=O) groups excluding carboxylic acids is 3. The number of para-hydroxylation sites is 1. The van der Waals surface area contributed by atoms with E-state index in [4.69, 9.17) is 5.73 Å². The number of hydrogen-bond donors (Lipinski definition) is 8. The van der Waals surface area contributed by atoms with Crippen LogP contribution in [0.5, 0.6) is 0 Å². The molecule has 1 heterocycles. The predicted molar refractivity (Wildman–Crippen MR) is 134 cm³/mol. The monoisotopic (exact) mass is 521 g/mol. The average Bonchev–Trinajstić information content (AvgIpc) is 3.22. The van der Waals surface area contributed by atoms with Gasteiger partial charge in [0.2, 0.25) is 17.7 Å². The van der Waals surface area contributed by atoms with E-state index in [-0.39, 0.29) is 12.2 Å². The molecular weight excluding hydrogens is 490 g/mol. The van der Waals surface area contributed by atoms with Gasteiger partial charge in [0.05, 0.1) is 12.5 Å². The molecule has 196 valence electrons. The number of H-pyrrole nitrogens is 1. The molecule has 1 aromatic heterocycles. The minimum atomic E-state index is -1.59. The topological polar surface area (TPSA) is 204 Å². The maximum atomic E-state index is 12.9. The Balaban J connectivity index is 2.18. The lowest BCUT2D eigenvalue weighted by Crippen LogP contribution is -2.59. The molecule has 36 heavy (non-hydrogen) atoms. The van der Waals surface area contributed by atoms with Crippen molar-refractivity contribution in [2.75, 3.05) is 5.75 Å². The molecule has 0 radical (unpaired) electrons. The first-order valence-corrected chi connectivity index (χ1v) is 11.8. The number of thiol groups is 1. The first kappa shape index (κ1) is 28.7. The average molecular weight is 522 g/mol. The van der Waals surface area contributed by atoms with Crippen LogP contribution in [-0.4, -0.2) is 74.8 Å². The van der Waals surface area contributed by atoms with Crippen LogP contribution >= 0.6 is 12.6 Å². The largest absolute Gasteiger partial charge is 0.481 e. The number of amides is 3. The van der Waals surface area contributed by atoms with E-state index in [2.05, 4.69) is 33.6 Å². The van der Waals surface area contributed by atoms with Crippen molar-refractivity contribution in [3.05, 3.63) is 36.0 Å². The van der Waals surface area contributed by atoms with Gasteiger partial charge in [0.1, 0.15) is 18.1 Å². The van der Waals surface area contributed by atoms with Crippen LogP contribution < -0.4 is 21.7 Å². The van der Waals surface area contributed by atoms with Gasteiger partial charge in [-0.15, -0.1) is 0 Å². The number of carboxylic acid groups (broad SMARTS) is 2. The Morgan fingerprint density at radius 1 is 0.972 bits per heavy atom. The fourth-order valence-electron chi connectivity index (χ4n) is 3.52. The highest BCUT2D eigenvalue weighted by Gasteiger charge is 2.33. The molecule has 0 aliphatic carbocycles. The number of nitrogens with two attached hydrogens (primary N) is 1. The fourth-order valence-corrected chi connectivity index (χ4v) is 3.68. The van der Waals surface area contributed by atoms with E-state index in [1.54, 1.807) is 32.2 Å². The van der Waals surface area contributed by atoms with E-state index in [0.717, 1.165) is 10.9 Å². The third-order valence-corrected chi connectivity index (χ3v) is 5.90. The maximum Gasteiger partial charge on any atom is 0.326 e. The van der Waals surface area contributed by atoms with Gasteiger partial charge in [0, 0.05) is 29.3 Å². The van der Waals surface area contributed by atoms with Crippen molar-refractivity contribution in [3.8, 4) is 0 Å². The van der Waals surface area contributed by atoms with Gasteiger partial charge in [-0.1, -0.05) is 32.0 Å². The molecule has 8 N–H and O–H groups in total. The Labute approximate surface area is 212 Å². The minimum Gasteiger partial charge on any atom is -0.481 e. The zero-order valence-corrected chi connectivity index (χ0v) is 20.7. The van der Waals surface area contributed by atoms with Gasteiger partial charge in [0.25, 0.3) is 0 Å². The van der Waals surface area contributed by atoms with E-state index < -0.39 is 66.2 Å². The molecule has 4 atom stereocenters. The molecule has 2 rings (SSSR count). The van der Waals surface area contributed by atoms with Crippen LogP contribution in [-0.2, 0) is 30.4 Å². The Kier molecular flexibility index (Phi) is 10.3. The second-order valence-corrected chi connectivity index (χ2v) is 9.01. The van der Waals surface area contributed by atoms with E-state index >= 15 is 0 Å². The lowest BCUT2D eigenvalue weighted by molar-refractivity contribution is -0.143. The highest BCUT2D eigenvalue weighted by Crippen LogP contribution is 2.19. The zero-order chi connectivity index (χ0) is 27.0. The molecule has 4 unspecified atom stereocenters. The number of benzene rings is 1. The van der Waals surface area contributed by atoms with Crippen LogP contribution in [0.3, 0.4) is 0 Å². The molecule has 0 fully saturated rings. The van der Waals surface area contributed by atoms with Gasteiger partial charge in [-0.25, -0.2) is 4.79 Å². The number of hydrogen-bond acceptors (Lipinski definition) is 7. The highest BCUT2D eigenvalue weighted by atomic mass is 32.1. The molecule has 0 aliphatic heterocycles. The Morgan fingerprint density at radius 2 is 1.61 bits per heavy atom. The number of carbonyl (C=O) groups is 5. The molecule has 3 amide bonds. The summed E-state index contributed by atoms with van der Waals surface area (Å²) in [6, 6.07) is 2.16. The predicted octanol–water partition coefficient (Wildman–Crippen LogP) is -0.363. The third-order valence-electron chi connectivity index (χ3n) is 5.51. The van der Waals surface area contributed by atoms with Crippen molar-refractivity contribution in [1.82, 2.24) is 20.9 Å². The Hall–Kier alpha value is -3.58. The molecule has 0 saturated carbocycles. The van der Waals surface area contributed by atoms with E-state index in [9.17, 15) is 34.2 Å². The minimum absolute atomic E-state index is 0.0370. The summed E-state index contributed by atoms with van der Waals surface area (Å²) in [7, 11) is 0. The van der Waals surface area contributed by atoms with Crippen molar-refractivity contribution in [2.24, 2.45) is 11.7 Å². The summed E-state index contributed by atoms with van der Waals surface area (Å²) < 4.78 is 0. The first-order chi connectivity index (χ1) is 16.9. The third kappa shape index (κ3) is 7.71. The van der Waals surface area contributed by atoms with Crippen molar-refractivity contribution in [3.63, 3.8) is 0 Å². The van der Waals surface area contributed by atoms with Crippen molar-refractivity contribution >= 4 is 53.2 Å². The molecule has 12 nitrogen and oxygen atoms in total. The molecule has 0 bridgehead atoms. The lowest BCUT2D eigenvalue weighted by atomic mass is 10.0. The highest BCUT2D eigenvalue weighted by molar-refractivity contribution is 7.80. The summed E-state index contributed by atoms with van der Waals surface area (Å²) in [5.41, 5.74) is 7.06. The van der Waals surface area contributed by atoms with Crippen molar-refractivity contribution in [2.45, 2.75) is 50.9 Å². The van der Waals surface area contributed by atoms with Crippen LogP contribution in [0.2, 0.25) is 0 Å². The Morgan fingerprint density at radius 3 is 2.19 bits per heavy atom. The zero-order valence-electron chi connectivity index (χ0n) is 19.9. The molecule has 2 aromatic rings. The summed E-state index contributed by atoms with van der Waals surface area (Å²) in [6.45, 7) is 3.29. The van der Waals surface area contributed by atoms with Gasteiger partial charge in [-0.2, -0.15) is 12.6 Å². The molecule has 13 heteroatoms. The van der Waals surface area contributed by atoms with Crippen LogP contribution in [0.15, 0.2) is 30.5 Å². The SMILES string of the molecule is CC(C)C(NC(=O)C(N)CS)C(=O)NC(CC(=O)O)C(=O)NC(Cc1c[nH]c2ccccc12)C(=O)O. The van der Waals surface area contributed by atoms with E-state index in [1.807, 2.05) is 12.1 Å². The van der Waals surface area contributed by atoms with E-state index in [0.29, 0.717) is 5.56 Å². The smallest absolute Gasteiger partial charge is 0.326 e. The van der Waals surface area contributed by atoms with Gasteiger partial charge in [0.15, 0.2) is 0 Å². The lowest BCUT2D eigenvalue weighted by Gasteiger charge is -2.26. The van der Waals surface area contributed by atoms with Crippen molar-refractivity contribution < 1.29 is 34.2 Å².